The van der Waals surface area contributed by atoms with E-state index in [1.807, 2.05) is 11.4 Å². The number of benzene rings is 1. The van der Waals surface area contributed by atoms with E-state index in [0.29, 0.717) is 0 Å². The van der Waals surface area contributed by atoms with Gasteiger partial charge >= 0.3 is 41.7 Å². The van der Waals surface area contributed by atoms with Crippen LogP contribution in [-0.2, 0) is 16.1 Å². The predicted molar refractivity (Wildman–Crippen MR) is 66.1 cm³/mol. The summed E-state index contributed by atoms with van der Waals surface area (Å²) < 4.78 is 4.86. The fraction of sp³-hybridized carbons (Fsp3) is 0.250. The Hall–Kier alpha value is -1.77. The molecule has 1 atom stereocenters. The van der Waals surface area contributed by atoms with E-state index in [9.17, 15) is 19.5 Å². The van der Waals surface area contributed by atoms with Gasteiger partial charge in [-0.2, -0.15) is 0 Å². The van der Waals surface area contributed by atoms with Crippen molar-refractivity contribution in [3.63, 3.8) is 0 Å². The maximum absolute atomic E-state index is 11.3. The minimum Gasteiger partial charge on any atom is -0.548 e. The summed E-state index contributed by atoms with van der Waals surface area (Å²) in [5.74, 6) is -1.56. The second-order valence-corrected chi connectivity index (χ2v) is 3.82. The molecule has 0 unspecified atom stereocenters. The number of primary amides is 1. The van der Waals surface area contributed by atoms with Gasteiger partial charge in [-0.25, -0.2) is 9.59 Å². The average Bonchev–Trinajstić information content (AvgIpc) is 2.41. The number of carboxylic acid groups (broad SMARTS) is 1. The Bertz CT molecular complexity index is 483. The number of nitrogens with two attached hydrogens (primary N) is 1. The number of nitrogens with one attached hydrogen (secondary N) is 2. The summed E-state index contributed by atoms with van der Waals surface area (Å²) in [6, 6.07) is 6.50. The van der Waals surface area contributed by atoms with Crippen molar-refractivity contribution < 1.29 is 53.8 Å². The van der Waals surface area contributed by atoms with Gasteiger partial charge in [0, 0.05) is 6.54 Å². The summed E-state index contributed by atoms with van der Waals surface area (Å²) in [6.45, 7) is -0.342. The normalized spacial score (nSPS) is 10.7. The number of carboxylic acids is 1. The van der Waals surface area contributed by atoms with Crippen LogP contribution in [0.3, 0.4) is 0 Å². The van der Waals surface area contributed by atoms with Gasteiger partial charge in [0.15, 0.2) is 0 Å². The third-order valence-electron chi connectivity index (χ3n) is 2.26. The average molecular weight is 303 g/mol. The maximum atomic E-state index is 11.3. The van der Waals surface area contributed by atoms with Crippen molar-refractivity contribution >= 4 is 18.1 Å². The van der Waals surface area contributed by atoms with Gasteiger partial charge in [-0.1, -0.05) is 30.3 Å². The second-order valence-electron chi connectivity index (χ2n) is 3.82. The first-order valence-electron chi connectivity index (χ1n) is 5.70. The molecule has 0 radical (unpaired) electrons. The molecule has 0 heterocycles. The van der Waals surface area contributed by atoms with E-state index in [1.165, 1.54) is 0 Å². The zero-order valence-corrected chi connectivity index (χ0v) is 13.5. The molecule has 1 aromatic carbocycles. The van der Waals surface area contributed by atoms with Crippen LogP contribution in [0.25, 0.3) is 0 Å². The number of carbonyl (C=O) groups excluding carboxylic acids is 3. The van der Waals surface area contributed by atoms with Gasteiger partial charge in [-0.15, -0.1) is 0 Å². The second kappa shape index (κ2) is 10.0. The smallest absolute Gasteiger partial charge is 0.548 e. The minimum absolute atomic E-state index is 0. The topological polar surface area (TPSA) is 134 Å². The Balaban J connectivity index is 0.00000400. The number of rotatable bonds is 6. The Kier molecular flexibility index (Phi) is 9.18. The molecular formula is C12H14N3NaO5. The van der Waals surface area contributed by atoms with Gasteiger partial charge in [-0.05, 0) is 5.56 Å². The van der Waals surface area contributed by atoms with E-state index < -0.39 is 24.1 Å². The number of alkyl carbamates (subject to hydrolysis) is 1. The van der Waals surface area contributed by atoms with Gasteiger partial charge < -0.3 is 31.0 Å². The van der Waals surface area contributed by atoms with E-state index in [-0.39, 0.29) is 42.7 Å². The Morgan fingerprint density at radius 1 is 1.24 bits per heavy atom. The first-order chi connectivity index (χ1) is 9.49. The van der Waals surface area contributed by atoms with Crippen LogP contribution in [0.5, 0.6) is 0 Å². The summed E-state index contributed by atoms with van der Waals surface area (Å²) in [6.07, 6.45) is -0.814. The summed E-state index contributed by atoms with van der Waals surface area (Å²) in [5, 5.41) is 14.8. The van der Waals surface area contributed by atoms with Crippen molar-refractivity contribution in [1.29, 1.82) is 0 Å². The van der Waals surface area contributed by atoms with Crippen LogP contribution in [0.15, 0.2) is 30.3 Å². The van der Waals surface area contributed by atoms with Crippen molar-refractivity contribution in [2.45, 2.75) is 12.6 Å². The van der Waals surface area contributed by atoms with Crippen LogP contribution in [0.4, 0.5) is 9.59 Å². The molecule has 9 heteroatoms. The summed E-state index contributed by atoms with van der Waals surface area (Å²) in [4.78, 5) is 32.5. The van der Waals surface area contributed by atoms with Crippen LogP contribution in [-0.4, -0.2) is 30.7 Å². The molecule has 0 bridgehead atoms. The number of urea groups is 1. The standard InChI is InChI=1S/C12H15N3O5.Na/c13-11(18)15-9(10(16)17)6-14-12(19)20-7-8-4-2-1-3-5-8;/h1-5,9H,6-7H2,(H,14,19)(H,16,17)(H3,13,15,18);/q;+1/p-1/t9-;/m0./s1. The summed E-state index contributed by atoms with van der Waals surface area (Å²) in [7, 11) is 0. The third kappa shape index (κ3) is 8.18. The third-order valence-corrected chi connectivity index (χ3v) is 2.26. The molecule has 0 aliphatic rings. The van der Waals surface area contributed by atoms with Crippen molar-refractivity contribution in [3.05, 3.63) is 35.9 Å². The predicted octanol–water partition coefficient (Wildman–Crippen LogP) is -4.30. The van der Waals surface area contributed by atoms with E-state index >= 15 is 0 Å². The number of ether oxygens (including phenoxy) is 1. The Morgan fingerprint density at radius 3 is 2.38 bits per heavy atom. The first kappa shape index (κ1) is 19.2. The van der Waals surface area contributed by atoms with Gasteiger partial charge in [-0.3, -0.25) is 0 Å². The molecule has 0 aromatic heterocycles. The molecule has 8 nitrogen and oxygen atoms in total. The zero-order valence-electron chi connectivity index (χ0n) is 11.5. The molecule has 1 aromatic rings. The Morgan fingerprint density at radius 2 is 1.86 bits per heavy atom. The van der Waals surface area contributed by atoms with Crippen LogP contribution < -0.4 is 51.0 Å². The number of hydrogen-bond donors (Lipinski definition) is 3. The van der Waals surface area contributed by atoms with E-state index in [1.54, 1.807) is 24.3 Å². The van der Waals surface area contributed by atoms with E-state index in [2.05, 4.69) is 5.32 Å². The number of carbonyl (C=O) groups is 3. The SMILES string of the molecule is NC(=O)N[C@@H](CNC(=O)OCc1ccccc1)C(=O)[O-].[Na+]. The van der Waals surface area contributed by atoms with E-state index in [4.69, 9.17) is 10.5 Å². The molecule has 3 amide bonds. The van der Waals surface area contributed by atoms with Crippen molar-refractivity contribution in [1.82, 2.24) is 10.6 Å². The monoisotopic (exact) mass is 303 g/mol. The molecule has 1 rings (SSSR count). The fourth-order valence-corrected chi connectivity index (χ4v) is 1.32. The largest absolute Gasteiger partial charge is 1.00 e. The molecule has 0 aliphatic heterocycles. The first-order valence-corrected chi connectivity index (χ1v) is 5.70. The Labute approximate surface area is 143 Å². The molecule has 21 heavy (non-hydrogen) atoms. The quantitative estimate of drug-likeness (QED) is 0.457. The number of hydrogen-bond acceptors (Lipinski definition) is 5. The molecule has 0 saturated carbocycles. The number of amides is 3. The molecule has 0 fully saturated rings. The zero-order chi connectivity index (χ0) is 15.0. The fourth-order valence-electron chi connectivity index (χ4n) is 1.32. The maximum Gasteiger partial charge on any atom is 1.00 e. The van der Waals surface area contributed by atoms with Gasteiger partial charge in [0.05, 0.1) is 12.0 Å². The summed E-state index contributed by atoms with van der Waals surface area (Å²) >= 11 is 0. The van der Waals surface area contributed by atoms with Crippen LogP contribution in [0, 0.1) is 0 Å². The molecule has 4 N–H and O–H groups in total. The summed E-state index contributed by atoms with van der Waals surface area (Å²) in [5.41, 5.74) is 5.57. The van der Waals surface area contributed by atoms with Gasteiger partial charge in [0.2, 0.25) is 0 Å². The molecule has 0 aliphatic carbocycles. The van der Waals surface area contributed by atoms with Gasteiger partial charge in [0.1, 0.15) is 6.61 Å². The molecule has 108 valence electrons. The molecule has 0 spiro atoms. The molecular weight excluding hydrogens is 289 g/mol. The van der Waals surface area contributed by atoms with Crippen molar-refractivity contribution in [3.8, 4) is 0 Å². The minimum atomic E-state index is -1.56. The van der Waals surface area contributed by atoms with Crippen LogP contribution in [0.2, 0.25) is 0 Å². The van der Waals surface area contributed by atoms with Crippen molar-refractivity contribution in [2.24, 2.45) is 5.73 Å². The van der Waals surface area contributed by atoms with Crippen molar-refractivity contribution in [2.75, 3.05) is 6.54 Å². The van der Waals surface area contributed by atoms with Gasteiger partial charge in [0.25, 0.3) is 0 Å². The molecule has 0 saturated heterocycles. The number of aliphatic carboxylic acids is 1. The van der Waals surface area contributed by atoms with Crippen LogP contribution in [0.1, 0.15) is 5.56 Å². The van der Waals surface area contributed by atoms with E-state index in [0.717, 1.165) is 5.56 Å². The van der Waals surface area contributed by atoms with Crippen LogP contribution >= 0.6 is 0 Å².